The zero-order chi connectivity index (χ0) is 12.1. The smallest absolute Gasteiger partial charge is 0.305 e. The van der Waals surface area contributed by atoms with E-state index in [2.05, 4.69) is 0 Å². The van der Waals surface area contributed by atoms with Gasteiger partial charge in [0.05, 0.1) is 13.5 Å². The minimum Gasteiger partial charge on any atom is -0.496 e. The van der Waals surface area contributed by atoms with Crippen molar-refractivity contribution < 1.29 is 19.0 Å². The fourth-order valence-electron chi connectivity index (χ4n) is 1.56. The molecule has 5 heteroatoms. The molecular weight excluding hydrogens is 213 g/mol. The number of carboxylic acids is 1. The van der Waals surface area contributed by atoms with Crippen LogP contribution in [0.3, 0.4) is 0 Å². The van der Waals surface area contributed by atoms with Crippen molar-refractivity contribution in [2.75, 3.05) is 7.11 Å². The molecule has 16 heavy (non-hydrogen) atoms. The first-order valence-corrected chi connectivity index (χ1v) is 4.79. The lowest BCUT2D eigenvalue weighted by Crippen LogP contribution is -2.16. The number of rotatable bonds is 5. The Morgan fingerprint density at radius 2 is 2.31 bits per heavy atom. The summed E-state index contributed by atoms with van der Waals surface area (Å²) in [6, 6.07) is 4.17. The number of ether oxygens (including phenoxy) is 1. The van der Waals surface area contributed by atoms with Crippen LogP contribution < -0.4 is 10.5 Å². The van der Waals surface area contributed by atoms with E-state index < -0.39 is 18.7 Å². The topological polar surface area (TPSA) is 72.5 Å². The van der Waals surface area contributed by atoms with Crippen molar-refractivity contribution in [2.24, 2.45) is 5.73 Å². The van der Waals surface area contributed by atoms with Gasteiger partial charge in [0.1, 0.15) is 12.4 Å². The Bertz CT molecular complexity index is 381. The predicted octanol–water partition coefficient (Wildman–Crippen LogP) is 1.64. The van der Waals surface area contributed by atoms with Crippen LogP contribution in [0, 0.1) is 0 Å². The first kappa shape index (κ1) is 12.4. The molecule has 0 bridgehead atoms. The average molecular weight is 227 g/mol. The molecule has 0 aliphatic rings. The predicted molar refractivity (Wildman–Crippen MR) is 57.0 cm³/mol. The fourth-order valence-corrected chi connectivity index (χ4v) is 1.56. The maximum absolute atomic E-state index is 12.8. The quantitative estimate of drug-likeness (QED) is 0.802. The molecule has 3 N–H and O–H groups in total. The van der Waals surface area contributed by atoms with Crippen LogP contribution in [-0.2, 0) is 11.5 Å². The maximum Gasteiger partial charge on any atom is 0.305 e. The molecule has 4 nitrogen and oxygen atoms in total. The van der Waals surface area contributed by atoms with E-state index in [0.717, 1.165) is 0 Å². The molecule has 0 spiro atoms. The van der Waals surface area contributed by atoms with Crippen molar-refractivity contribution in [3.63, 3.8) is 0 Å². The van der Waals surface area contributed by atoms with Gasteiger partial charge in [0.15, 0.2) is 0 Å². The summed E-state index contributed by atoms with van der Waals surface area (Å²) in [7, 11) is 1.43. The zero-order valence-electron chi connectivity index (χ0n) is 8.94. The normalized spacial score (nSPS) is 12.2. The highest BCUT2D eigenvalue weighted by atomic mass is 19.1. The fraction of sp³-hybridized carbons (Fsp3) is 0.364. The van der Waals surface area contributed by atoms with E-state index in [0.29, 0.717) is 16.9 Å². The molecule has 0 aromatic heterocycles. The molecule has 0 fully saturated rings. The largest absolute Gasteiger partial charge is 0.496 e. The number of carboxylic acid groups (broad SMARTS) is 1. The van der Waals surface area contributed by atoms with Gasteiger partial charge in [-0.1, -0.05) is 12.1 Å². The van der Waals surface area contributed by atoms with E-state index in [9.17, 15) is 9.18 Å². The second-order valence-electron chi connectivity index (χ2n) is 3.37. The Kier molecular flexibility index (Phi) is 4.25. The molecule has 1 aromatic rings. The molecule has 1 rings (SSSR count). The van der Waals surface area contributed by atoms with E-state index in [1.807, 2.05) is 0 Å². The SMILES string of the molecule is COc1cccc(C(N)CC(=O)O)c1CF. The number of methoxy groups -OCH3 is 1. The summed E-state index contributed by atoms with van der Waals surface area (Å²) in [4.78, 5) is 10.5. The van der Waals surface area contributed by atoms with Gasteiger partial charge in [0, 0.05) is 11.6 Å². The van der Waals surface area contributed by atoms with E-state index in [-0.39, 0.29) is 6.42 Å². The first-order chi connectivity index (χ1) is 7.60. The van der Waals surface area contributed by atoms with E-state index in [1.165, 1.54) is 7.11 Å². The van der Waals surface area contributed by atoms with E-state index in [1.54, 1.807) is 18.2 Å². The van der Waals surface area contributed by atoms with Crippen LogP contribution >= 0.6 is 0 Å². The summed E-state index contributed by atoms with van der Waals surface area (Å²) in [6.45, 7) is -0.729. The Labute approximate surface area is 92.8 Å². The third kappa shape index (κ3) is 2.70. The molecule has 0 saturated heterocycles. The van der Waals surface area contributed by atoms with Gasteiger partial charge >= 0.3 is 5.97 Å². The highest BCUT2D eigenvalue weighted by Gasteiger charge is 2.17. The number of benzene rings is 1. The van der Waals surface area contributed by atoms with Crippen molar-refractivity contribution in [3.8, 4) is 5.75 Å². The van der Waals surface area contributed by atoms with Crippen LogP contribution in [0.1, 0.15) is 23.6 Å². The number of nitrogens with two attached hydrogens (primary N) is 1. The van der Waals surface area contributed by atoms with Crippen molar-refractivity contribution >= 4 is 5.97 Å². The van der Waals surface area contributed by atoms with E-state index >= 15 is 0 Å². The highest BCUT2D eigenvalue weighted by molar-refractivity contribution is 5.68. The summed E-state index contributed by atoms with van der Waals surface area (Å²) >= 11 is 0. The van der Waals surface area contributed by atoms with Gasteiger partial charge in [0.2, 0.25) is 0 Å². The average Bonchev–Trinajstić information content (AvgIpc) is 2.26. The maximum atomic E-state index is 12.8. The summed E-state index contributed by atoms with van der Waals surface area (Å²) in [5, 5.41) is 8.63. The van der Waals surface area contributed by atoms with Crippen molar-refractivity contribution in [3.05, 3.63) is 29.3 Å². The number of alkyl halides is 1. The van der Waals surface area contributed by atoms with Crippen LogP contribution in [0.15, 0.2) is 18.2 Å². The molecule has 88 valence electrons. The van der Waals surface area contributed by atoms with Gasteiger partial charge in [-0.2, -0.15) is 0 Å². The first-order valence-electron chi connectivity index (χ1n) is 4.79. The van der Waals surface area contributed by atoms with Crippen molar-refractivity contribution in [1.82, 2.24) is 0 Å². The Morgan fingerprint density at radius 3 is 2.81 bits per heavy atom. The molecule has 0 aliphatic carbocycles. The second-order valence-corrected chi connectivity index (χ2v) is 3.37. The monoisotopic (exact) mass is 227 g/mol. The van der Waals surface area contributed by atoms with Crippen LogP contribution in [0.5, 0.6) is 5.75 Å². The van der Waals surface area contributed by atoms with Crippen molar-refractivity contribution in [1.29, 1.82) is 0 Å². The zero-order valence-corrected chi connectivity index (χ0v) is 8.94. The molecule has 1 aromatic carbocycles. The molecule has 0 radical (unpaired) electrons. The van der Waals surface area contributed by atoms with Crippen LogP contribution in [-0.4, -0.2) is 18.2 Å². The standard InChI is InChI=1S/C11H14FNO3/c1-16-10-4-2-3-7(8(10)6-12)9(13)5-11(14)15/h2-4,9H,5-6,13H2,1H3,(H,14,15). The molecule has 0 heterocycles. The summed E-state index contributed by atoms with van der Waals surface area (Å²) in [6.07, 6.45) is -0.236. The van der Waals surface area contributed by atoms with Crippen LogP contribution in [0.4, 0.5) is 4.39 Å². The Morgan fingerprint density at radius 1 is 1.62 bits per heavy atom. The summed E-state index contributed by atoms with van der Waals surface area (Å²) in [5.41, 5.74) is 6.49. The minimum absolute atomic E-state index is 0.236. The Hall–Kier alpha value is -1.62. The third-order valence-corrected chi connectivity index (χ3v) is 2.32. The lowest BCUT2D eigenvalue weighted by molar-refractivity contribution is -0.137. The Balaban J connectivity index is 3.07. The van der Waals surface area contributed by atoms with Crippen molar-refractivity contribution in [2.45, 2.75) is 19.1 Å². The van der Waals surface area contributed by atoms with Gasteiger partial charge < -0.3 is 15.6 Å². The molecule has 1 atom stereocenters. The minimum atomic E-state index is -1.01. The molecule has 1 unspecified atom stereocenters. The summed E-state index contributed by atoms with van der Waals surface area (Å²) in [5.74, 6) is -0.624. The number of hydrogen-bond donors (Lipinski definition) is 2. The highest BCUT2D eigenvalue weighted by Crippen LogP contribution is 2.28. The van der Waals surface area contributed by atoms with Gasteiger partial charge in [-0.25, -0.2) is 4.39 Å². The molecule has 0 saturated carbocycles. The second kappa shape index (κ2) is 5.46. The van der Waals surface area contributed by atoms with Crippen LogP contribution in [0.2, 0.25) is 0 Å². The molecule has 0 aliphatic heterocycles. The number of carbonyl (C=O) groups is 1. The number of aliphatic carboxylic acids is 1. The van der Waals surface area contributed by atoms with E-state index in [4.69, 9.17) is 15.6 Å². The number of halogens is 1. The lowest BCUT2D eigenvalue weighted by atomic mass is 9.98. The summed E-state index contributed by atoms with van der Waals surface area (Å²) < 4.78 is 17.8. The van der Waals surface area contributed by atoms with Gasteiger partial charge in [-0.15, -0.1) is 0 Å². The van der Waals surface area contributed by atoms with Crippen LogP contribution in [0.25, 0.3) is 0 Å². The van der Waals surface area contributed by atoms with Gasteiger partial charge in [-0.05, 0) is 11.6 Å². The molecular formula is C11H14FNO3. The number of hydrogen-bond acceptors (Lipinski definition) is 3. The van der Waals surface area contributed by atoms with Gasteiger partial charge in [-0.3, -0.25) is 4.79 Å². The lowest BCUT2D eigenvalue weighted by Gasteiger charge is -2.15. The van der Waals surface area contributed by atoms with Gasteiger partial charge in [0.25, 0.3) is 0 Å². The third-order valence-electron chi connectivity index (χ3n) is 2.32. The molecule has 0 amide bonds.